The number of likely N-dealkylation sites (tertiary alicyclic amines) is 1. The van der Waals surface area contributed by atoms with Crippen LogP contribution in [0.3, 0.4) is 0 Å². The number of amides is 1. The predicted octanol–water partition coefficient (Wildman–Crippen LogP) is 3.25. The van der Waals surface area contributed by atoms with Gasteiger partial charge in [-0.05, 0) is 42.5 Å². The van der Waals surface area contributed by atoms with Crippen LogP contribution in [0.25, 0.3) is 5.76 Å². The molecular weight excluding hydrogens is 401 g/mol. The second-order valence-corrected chi connectivity index (χ2v) is 6.85. The van der Waals surface area contributed by atoms with E-state index < -0.39 is 29.3 Å². The minimum atomic E-state index is -0.976. The Kier molecular flexibility index (Phi) is 5.44. The number of Topliss-reactive ketones (excluding diaryl/α,β-unsaturated/α-hetero) is 1. The fourth-order valence-corrected chi connectivity index (χ4v) is 3.56. The van der Waals surface area contributed by atoms with Crippen LogP contribution in [0.4, 0.5) is 4.39 Å². The largest absolute Gasteiger partial charge is 0.507 e. The fourth-order valence-electron chi connectivity index (χ4n) is 3.56. The minimum Gasteiger partial charge on any atom is -0.507 e. The molecule has 156 valence electrons. The third kappa shape index (κ3) is 3.75. The lowest BCUT2D eigenvalue weighted by Gasteiger charge is -2.24. The summed E-state index contributed by atoms with van der Waals surface area (Å²) in [6.45, 7) is 0.0315. The van der Waals surface area contributed by atoms with Gasteiger partial charge in [-0.1, -0.05) is 12.1 Å². The molecule has 0 aliphatic carbocycles. The highest BCUT2D eigenvalue weighted by Gasteiger charge is 2.47. The lowest BCUT2D eigenvalue weighted by atomic mass is 9.97. The van der Waals surface area contributed by atoms with Gasteiger partial charge in [-0.3, -0.25) is 19.6 Å². The van der Waals surface area contributed by atoms with Crippen LogP contribution in [-0.4, -0.2) is 38.8 Å². The van der Waals surface area contributed by atoms with Crippen molar-refractivity contribution in [2.24, 2.45) is 0 Å². The Morgan fingerprint density at radius 3 is 2.48 bits per heavy atom. The van der Waals surface area contributed by atoms with E-state index in [4.69, 9.17) is 4.74 Å². The highest BCUT2D eigenvalue weighted by atomic mass is 19.1. The number of ether oxygens (including phenoxy) is 1. The average Bonchev–Trinajstić information content (AvgIpc) is 3.04. The van der Waals surface area contributed by atoms with Crippen molar-refractivity contribution < 1.29 is 23.8 Å². The molecule has 4 rings (SSSR count). The van der Waals surface area contributed by atoms with Gasteiger partial charge in [0.25, 0.3) is 11.7 Å². The van der Waals surface area contributed by atoms with E-state index >= 15 is 0 Å². The van der Waals surface area contributed by atoms with Gasteiger partial charge in [0.2, 0.25) is 0 Å². The molecule has 0 spiro atoms. The number of carbonyl (C=O) groups excluding carboxylic acids is 2. The first-order valence-electron chi connectivity index (χ1n) is 9.44. The molecule has 1 unspecified atom stereocenters. The van der Waals surface area contributed by atoms with Crippen molar-refractivity contribution in [3.63, 3.8) is 0 Å². The van der Waals surface area contributed by atoms with E-state index in [2.05, 4.69) is 9.97 Å². The van der Waals surface area contributed by atoms with Crippen LogP contribution >= 0.6 is 0 Å². The number of aliphatic hydroxyl groups excluding tert-OH is 1. The molecule has 1 aliphatic rings. The van der Waals surface area contributed by atoms with E-state index in [1.54, 1.807) is 42.6 Å². The molecule has 3 heterocycles. The van der Waals surface area contributed by atoms with Gasteiger partial charge in [0.15, 0.2) is 0 Å². The molecule has 1 atom stereocenters. The van der Waals surface area contributed by atoms with Crippen molar-refractivity contribution in [3.05, 3.63) is 95.3 Å². The van der Waals surface area contributed by atoms with Crippen LogP contribution < -0.4 is 4.74 Å². The Hall–Kier alpha value is -4.07. The Labute approximate surface area is 177 Å². The predicted molar refractivity (Wildman–Crippen MR) is 109 cm³/mol. The molecule has 0 saturated carbocycles. The van der Waals surface area contributed by atoms with Crippen LogP contribution in [-0.2, 0) is 16.1 Å². The molecule has 31 heavy (non-hydrogen) atoms. The number of ketones is 1. The van der Waals surface area contributed by atoms with Crippen molar-refractivity contribution in [2.45, 2.75) is 12.6 Å². The molecule has 1 N–H and O–H groups in total. The molecule has 1 amide bonds. The van der Waals surface area contributed by atoms with E-state index in [1.807, 2.05) is 0 Å². The first kappa shape index (κ1) is 20.2. The summed E-state index contributed by atoms with van der Waals surface area (Å²) in [6, 6.07) is 12.9. The summed E-state index contributed by atoms with van der Waals surface area (Å²) >= 11 is 0. The van der Waals surface area contributed by atoms with Crippen molar-refractivity contribution >= 4 is 17.4 Å². The van der Waals surface area contributed by atoms with E-state index in [-0.39, 0.29) is 23.4 Å². The highest BCUT2D eigenvalue weighted by Crippen LogP contribution is 2.40. The summed E-state index contributed by atoms with van der Waals surface area (Å²) in [5.74, 6) is -2.70. The number of hydrogen-bond donors (Lipinski definition) is 1. The number of rotatable bonds is 5. The first-order chi connectivity index (χ1) is 15.0. The van der Waals surface area contributed by atoms with E-state index in [0.717, 1.165) is 6.07 Å². The fraction of sp³-hybridized carbons (Fsp3) is 0.130. The zero-order valence-electron chi connectivity index (χ0n) is 16.5. The second kappa shape index (κ2) is 8.35. The molecule has 3 aromatic rings. The van der Waals surface area contributed by atoms with E-state index in [0.29, 0.717) is 11.4 Å². The van der Waals surface area contributed by atoms with E-state index in [9.17, 15) is 19.1 Å². The van der Waals surface area contributed by atoms with Crippen LogP contribution in [0, 0.1) is 5.82 Å². The number of halogens is 1. The summed E-state index contributed by atoms with van der Waals surface area (Å²) in [4.78, 5) is 35.7. The average molecular weight is 419 g/mol. The second-order valence-electron chi connectivity index (χ2n) is 6.85. The van der Waals surface area contributed by atoms with E-state index in [1.165, 1.54) is 30.3 Å². The van der Waals surface area contributed by atoms with Gasteiger partial charge in [-0.15, -0.1) is 0 Å². The standard InChI is InChI=1S/C23H18FN3O4/c1-31-18-9-8-14(24)12-16(18)21(28)19-20(17-7-3-5-11-26-17)27(23(30)22(19)29)13-15-6-2-4-10-25-15/h2-12,20,28H,13H2,1H3/b21-19+. The maximum absolute atomic E-state index is 13.9. The van der Waals surface area contributed by atoms with Crippen molar-refractivity contribution in [2.75, 3.05) is 7.11 Å². The SMILES string of the molecule is COc1ccc(F)cc1/C(O)=C1\C(=O)C(=O)N(Cc2ccccn2)C1c1ccccn1. The lowest BCUT2D eigenvalue weighted by Crippen LogP contribution is -2.29. The van der Waals surface area contributed by atoms with Crippen molar-refractivity contribution in [1.82, 2.24) is 14.9 Å². The monoisotopic (exact) mass is 419 g/mol. The zero-order chi connectivity index (χ0) is 22.0. The lowest BCUT2D eigenvalue weighted by molar-refractivity contribution is -0.140. The number of benzene rings is 1. The Morgan fingerprint density at radius 2 is 1.84 bits per heavy atom. The summed E-state index contributed by atoms with van der Waals surface area (Å²) in [5, 5.41) is 11.1. The van der Waals surface area contributed by atoms with Crippen LogP contribution in [0.2, 0.25) is 0 Å². The summed E-state index contributed by atoms with van der Waals surface area (Å²) in [5.41, 5.74) is 0.728. The van der Waals surface area contributed by atoms with Crippen LogP contribution in [0.15, 0.2) is 72.6 Å². The molecule has 1 saturated heterocycles. The van der Waals surface area contributed by atoms with Gasteiger partial charge in [-0.25, -0.2) is 4.39 Å². The molecule has 1 fully saturated rings. The van der Waals surface area contributed by atoms with Gasteiger partial charge < -0.3 is 14.7 Å². The third-order valence-corrected chi connectivity index (χ3v) is 4.98. The molecule has 1 aliphatic heterocycles. The number of hydrogen-bond acceptors (Lipinski definition) is 6. The molecule has 0 radical (unpaired) electrons. The summed E-state index contributed by atoms with van der Waals surface area (Å²) < 4.78 is 19.1. The molecule has 8 heteroatoms. The maximum atomic E-state index is 13.9. The first-order valence-corrected chi connectivity index (χ1v) is 9.44. The molecule has 2 aromatic heterocycles. The Bertz CT molecular complexity index is 1170. The third-order valence-electron chi connectivity index (χ3n) is 4.98. The molecule has 1 aromatic carbocycles. The Balaban J connectivity index is 1.90. The number of aliphatic hydroxyl groups is 1. The number of carbonyl (C=O) groups is 2. The minimum absolute atomic E-state index is 0.0285. The summed E-state index contributed by atoms with van der Waals surface area (Å²) in [6.07, 6.45) is 3.11. The molecule has 0 bridgehead atoms. The van der Waals surface area contributed by atoms with Gasteiger partial charge in [0.1, 0.15) is 23.4 Å². The van der Waals surface area contributed by atoms with Crippen LogP contribution in [0.1, 0.15) is 23.0 Å². The van der Waals surface area contributed by atoms with Crippen LogP contribution in [0.5, 0.6) is 5.75 Å². The Morgan fingerprint density at radius 1 is 1.10 bits per heavy atom. The maximum Gasteiger partial charge on any atom is 0.296 e. The van der Waals surface area contributed by atoms with Gasteiger partial charge in [-0.2, -0.15) is 0 Å². The normalized spacial score (nSPS) is 17.7. The highest BCUT2D eigenvalue weighted by molar-refractivity contribution is 6.46. The number of aromatic nitrogens is 2. The number of pyridine rings is 2. The van der Waals surface area contributed by atoms with Crippen molar-refractivity contribution in [1.29, 1.82) is 0 Å². The zero-order valence-corrected chi connectivity index (χ0v) is 16.5. The molecule has 7 nitrogen and oxygen atoms in total. The van der Waals surface area contributed by atoms with Gasteiger partial charge in [0.05, 0.1) is 36.2 Å². The number of nitrogens with zero attached hydrogens (tertiary/aromatic N) is 3. The smallest absolute Gasteiger partial charge is 0.296 e. The molecular formula is C23H18FN3O4. The quantitative estimate of drug-likeness (QED) is 0.388. The number of methoxy groups -OCH3 is 1. The van der Waals surface area contributed by atoms with Crippen molar-refractivity contribution in [3.8, 4) is 5.75 Å². The van der Waals surface area contributed by atoms with Gasteiger partial charge >= 0.3 is 0 Å². The topological polar surface area (TPSA) is 92.6 Å². The summed E-state index contributed by atoms with van der Waals surface area (Å²) in [7, 11) is 1.36. The van der Waals surface area contributed by atoms with Gasteiger partial charge in [0, 0.05) is 12.4 Å².